The van der Waals surface area contributed by atoms with Crippen molar-refractivity contribution in [2.24, 2.45) is 0 Å². The van der Waals surface area contributed by atoms with Crippen molar-refractivity contribution in [3.05, 3.63) is 33.1 Å². The smallest absolute Gasteiger partial charge is 0.422 e. The van der Waals surface area contributed by atoms with Gasteiger partial charge in [-0.1, -0.05) is 11.6 Å². The molecule has 2 N–H and O–H groups in total. The number of aliphatic carboxylic acids is 1. The largest absolute Gasteiger partial charge is 0.479 e. The molecular formula is C10H7ClF4N2O4. The summed E-state index contributed by atoms with van der Waals surface area (Å²) in [5, 5.41) is 20.2. The summed E-state index contributed by atoms with van der Waals surface area (Å²) < 4.78 is 51.6. The number of nitrogens with one attached hydrogen (secondary N) is 1. The van der Waals surface area contributed by atoms with Gasteiger partial charge in [-0.05, 0) is 13.0 Å². The molecule has 0 aliphatic carbocycles. The monoisotopic (exact) mass is 330 g/mol. The number of alkyl halides is 3. The lowest BCUT2D eigenvalue weighted by atomic mass is 10.0. The first-order valence-corrected chi connectivity index (χ1v) is 5.49. The number of carboxylic acid groups (broad SMARTS) is 1. The zero-order valence-corrected chi connectivity index (χ0v) is 10.9. The second-order valence-electron chi connectivity index (χ2n) is 4.09. The summed E-state index contributed by atoms with van der Waals surface area (Å²) in [5.41, 5.74) is -5.46. The minimum absolute atomic E-state index is 0.274. The van der Waals surface area contributed by atoms with Crippen LogP contribution < -0.4 is 5.32 Å². The van der Waals surface area contributed by atoms with Crippen LogP contribution in [0.1, 0.15) is 6.92 Å². The number of rotatable bonds is 4. The lowest BCUT2D eigenvalue weighted by molar-refractivity contribution is -0.384. The second-order valence-corrected chi connectivity index (χ2v) is 4.50. The number of nitro groups is 1. The van der Waals surface area contributed by atoms with Crippen LogP contribution >= 0.6 is 11.6 Å². The molecule has 1 unspecified atom stereocenters. The van der Waals surface area contributed by atoms with E-state index in [9.17, 15) is 32.5 Å². The van der Waals surface area contributed by atoms with Gasteiger partial charge in [0.15, 0.2) is 0 Å². The maximum Gasteiger partial charge on any atom is 0.422 e. The molecule has 0 aliphatic heterocycles. The van der Waals surface area contributed by atoms with Gasteiger partial charge in [0.2, 0.25) is 5.54 Å². The van der Waals surface area contributed by atoms with E-state index in [1.807, 2.05) is 0 Å². The van der Waals surface area contributed by atoms with E-state index in [-0.39, 0.29) is 6.92 Å². The Morgan fingerprint density at radius 1 is 1.43 bits per heavy atom. The Balaban J connectivity index is 3.44. The normalized spacial score (nSPS) is 14.4. The minimum Gasteiger partial charge on any atom is -0.479 e. The molecule has 0 aliphatic rings. The number of halogens is 5. The van der Waals surface area contributed by atoms with Crippen molar-refractivity contribution in [3.63, 3.8) is 0 Å². The predicted molar refractivity (Wildman–Crippen MR) is 63.8 cm³/mol. The first-order valence-electron chi connectivity index (χ1n) is 5.12. The van der Waals surface area contributed by atoms with Gasteiger partial charge >= 0.3 is 12.1 Å². The molecule has 0 bridgehead atoms. The van der Waals surface area contributed by atoms with Crippen LogP contribution in [0.3, 0.4) is 0 Å². The first kappa shape index (κ1) is 17.0. The fourth-order valence-corrected chi connectivity index (χ4v) is 1.47. The predicted octanol–water partition coefficient (Wildman–Crippen LogP) is 3.20. The molecule has 0 fully saturated rings. The number of hydrogen-bond donors (Lipinski definition) is 2. The van der Waals surface area contributed by atoms with Crippen LogP contribution in [-0.2, 0) is 4.79 Å². The van der Waals surface area contributed by atoms with E-state index in [0.717, 1.165) is 0 Å². The topological polar surface area (TPSA) is 92.5 Å². The van der Waals surface area contributed by atoms with Crippen molar-refractivity contribution in [1.82, 2.24) is 0 Å². The molecule has 0 amide bonds. The van der Waals surface area contributed by atoms with Crippen molar-refractivity contribution in [3.8, 4) is 0 Å². The number of benzene rings is 1. The van der Waals surface area contributed by atoms with E-state index in [1.54, 1.807) is 0 Å². The Labute approximate surface area is 119 Å². The first-order chi connectivity index (χ1) is 9.40. The molecule has 11 heteroatoms. The fraction of sp³-hybridized carbons (Fsp3) is 0.300. The van der Waals surface area contributed by atoms with Gasteiger partial charge in [-0.25, -0.2) is 9.18 Å². The lowest BCUT2D eigenvalue weighted by Gasteiger charge is -2.29. The van der Waals surface area contributed by atoms with E-state index in [1.165, 1.54) is 5.32 Å². The highest BCUT2D eigenvalue weighted by Crippen LogP contribution is 2.38. The highest BCUT2D eigenvalue weighted by Gasteiger charge is 2.58. The minimum atomic E-state index is -5.27. The number of carbonyl (C=O) groups is 1. The van der Waals surface area contributed by atoms with E-state index < -0.39 is 44.8 Å². The quantitative estimate of drug-likeness (QED) is 0.502. The summed E-state index contributed by atoms with van der Waals surface area (Å²) >= 11 is 5.35. The third-order valence-electron chi connectivity index (χ3n) is 2.61. The molecule has 1 rings (SSSR count). The standard InChI is InChI=1S/C10H7ClF4N2O4/c1-9(8(18)19,10(13,14)15)16-6-2-4(11)5(12)3-7(6)17(20)21/h2-3,16H,1H3,(H,18,19). The maximum atomic E-state index is 13.1. The van der Waals surface area contributed by atoms with E-state index in [0.29, 0.717) is 12.1 Å². The van der Waals surface area contributed by atoms with Gasteiger partial charge in [0.05, 0.1) is 16.0 Å². The molecule has 0 saturated carbocycles. The van der Waals surface area contributed by atoms with Crippen molar-refractivity contribution in [2.45, 2.75) is 18.6 Å². The van der Waals surface area contributed by atoms with Crippen molar-refractivity contribution >= 4 is 28.9 Å². The summed E-state index contributed by atoms with van der Waals surface area (Å²) in [6, 6.07) is 0.811. The van der Waals surface area contributed by atoms with E-state index >= 15 is 0 Å². The number of nitro benzene ring substituents is 1. The maximum absolute atomic E-state index is 13.1. The van der Waals surface area contributed by atoms with Gasteiger partial charge in [0.1, 0.15) is 11.5 Å². The summed E-state index contributed by atoms with van der Waals surface area (Å²) in [4.78, 5) is 20.4. The molecule has 1 aromatic carbocycles. The van der Waals surface area contributed by atoms with Crippen LogP contribution in [0.2, 0.25) is 5.02 Å². The van der Waals surface area contributed by atoms with Gasteiger partial charge in [-0.15, -0.1) is 0 Å². The average Bonchev–Trinajstić information content (AvgIpc) is 2.31. The third kappa shape index (κ3) is 3.15. The molecule has 0 radical (unpaired) electrons. The Hall–Kier alpha value is -2.10. The average molecular weight is 331 g/mol. The van der Waals surface area contributed by atoms with Gasteiger partial charge in [-0.3, -0.25) is 10.1 Å². The number of carboxylic acids is 1. The fourth-order valence-electron chi connectivity index (χ4n) is 1.30. The number of hydrogen-bond acceptors (Lipinski definition) is 4. The highest BCUT2D eigenvalue weighted by molar-refractivity contribution is 6.31. The Kier molecular flexibility index (Phi) is 4.32. The van der Waals surface area contributed by atoms with Gasteiger partial charge in [0, 0.05) is 0 Å². The number of anilines is 1. The zero-order valence-electron chi connectivity index (χ0n) is 10.2. The summed E-state index contributed by atoms with van der Waals surface area (Å²) in [6.45, 7) is 0.274. The number of nitrogens with zero attached hydrogens (tertiary/aromatic N) is 1. The molecule has 0 heterocycles. The van der Waals surface area contributed by atoms with Crippen LogP contribution in [0.25, 0.3) is 0 Å². The summed E-state index contributed by atoms with van der Waals surface area (Å²) in [5.74, 6) is -3.54. The molecule has 0 aromatic heterocycles. The molecule has 21 heavy (non-hydrogen) atoms. The lowest BCUT2D eigenvalue weighted by Crippen LogP contribution is -2.55. The molecule has 116 valence electrons. The van der Waals surface area contributed by atoms with Crippen LogP contribution in [0.15, 0.2) is 12.1 Å². The van der Waals surface area contributed by atoms with Crippen molar-refractivity contribution < 1.29 is 32.4 Å². The zero-order chi connectivity index (χ0) is 16.6. The van der Waals surface area contributed by atoms with E-state index in [4.69, 9.17) is 16.7 Å². The molecule has 1 atom stereocenters. The highest BCUT2D eigenvalue weighted by atomic mass is 35.5. The molecule has 0 saturated heterocycles. The molecule has 0 spiro atoms. The molecule has 1 aromatic rings. The van der Waals surface area contributed by atoms with Gasteiger partial charge in [0.25, 0.3) is 5.69 Å². The SMILES string of the molecule is CC(Nc1cc(Cl)c(F)cc1[N+](=O)[O-])(C(=O)O)C(F)(F)F. The summed E-state index contributed by atoms with van der Waals surface area (Å²) in [6.07, 6.45) is -5.27. The van der Waals surface area contributed by atoms with Crippen molar-refractivity contribution in [1.29, 1.82) is 0 Å². The van der Waals surface area contributed by atoms with Crippen LogP contribution in [0, 0.1) is 15.9 Å². The Morgan fingerprint density at radius 2 is 1.95 bits per heavy atom. The Bertz CT molecular complexity index is 607. The van der Waals surface area contributed by atoms with Gasteiger partial charge in [-0.2, -0.15) is 13.2 Å². The van der Waals surface area contributed by atoms with Crippen LogP contribution in [-0.4, -0.2) is 27.7 Å². The molecule has 6 nitrogen and oxygen atoms in total. The van der Waals surface area contributed by atoms with Crippen LogP contribution in [0.5, 0.6) is 0 Å². The molecular weight excluding hydrogens is 324 g/mol. The second kappa shape index (κ2) is 5.35. The van der Waals surface area contributed by atoms with Gasteiger partial charge < -0.3 is 10.4 Å². The summed E-state index contributed by atoms with van der Waals surface area (Å²) in [7, 11) is 0. The third-order valence-corrected chi connectivity index (χ3v) is 2.90. The Morgan fingerprint density at radius 3 is 2.33 bits per heavy atom. The van der Waals surface area contributed by atoms with Crippen LogP contribution in [0.4, 0.5) is 28.9 Å². The van der Waals surface area contributed by atoms with Crippen molar-refractivity contribution in [2.75, 3.05) is 5.32 Å². The van der Waals surface area contributed by atoms with E-state index in [2.05, 4.69) is 0 Å².